The molecule has 0 radical (unpaired) electrons. The molecule has 1 aromatic carbocycles. The molecule has 22 heavy (non-hydrogen) atoms. The number of carbonyl (C=O) groups is 1. The number of ether oxygens (including phenoxy) is 1. The highest BCUT2D eigenvalue weighted by atomic mass is 16.5. The van der Waals surface area contributed by atoms with E-state index in [1.807, 2.05) is 56.5 Å². The smallest absolute Gasteiger partial charge is 0.303 e. The van der Waals surface area contributed by atoms with Crippen LogP contribution in [0, 0.1) is 6.92 Å². The van der Waals surface area contributed by atoms with Crippen LogP contribution >= 0.6 is 0 Å². The van der Waals surface area contributed by atoms with Gasteiger partial charge in [-0.25, -0.2) is 0 Å². The summed E-state index contributed by atoms with van der Waals surface area (Å²) >= 11 is 0. The second-order valence-electron chi connectivity index (χ2n) is 5.40. The molecule has 1 atom stereocenters. The van der Waals surface area contributed by atoms with Crippen LogP contribution in [0.5, 0.6) is 5.75 Å². The third-order valence-electron chi connectivity index (χ3n) is 3.29. The summed E-state index contributed by atoms with van der Waals surface area (Å²) in [7, 11) is 0. The van der Waals surface area contributed by atoms with Crippen LogP contribution in [0.15, 0.2) is 36.5 Å². The minimum absolute atomic E-state index is 0.112. The summed E-state index contributed by atoms with van der Waals surface area (Å²) in [6, 6.07) is 9.84. The fraction of sp³-hybridized carbons (Fsp3) is 0.278. The van der Waals surface area contributed by atoms with Gasteiger partial charge in [0.15, 0.2) is 0 Å². The van der Waals surface area contributed by atoms with Crippen molar-refractivity contribution in [2.45, 2.75) is 32.8 Å². The lowest BCUT2D eigenvalue weighted by atomic mass is 10.2. The maximum atomic E-state index is 10.5. The Morgan fingerprint density at radius 1 is 1.32 bits per heavy atom. The Labute approximate surface area is 130 Å². The van der Waals surface area contributed by atoms with Crippen LogP contribution in [0.25, 0.3) is 12.2 Å². The Kier molecular flexibility index (Phi) is 5.42. The minimum atomic E-state index is -0.796. The first-order chi connectivity index (χ1) is 10.5. The van der Waals surface area contributed by atoms with Crippen LogP contribution < -0.4 is 4.74 Å². The third kappa shape index (κ3) is 5.13. The molecule has 2 N–H and O–H groups in total. The maximum Gasteiger partial charge on any atom is 0.303 e. The second-order valence-corrected chi connectivity index (χ2v) is 5.40. The van der Waals surface area contributed by atoms with Crippen LogP contribution in [0.2, 0.25) is 0 Å². The van der Waals surface area contributed by atoms with Crippen LogP contribution in [0.1, 0.15) is 36.6 Å². The Hall–Kier alpha value is -2.49. The van der Waals surface area contributed by atoms with Crippen molar-refractivity contribution in [2.24, 2.45) is 0 Å². The molecule has 0 bridgehead atoms. The van der Waals surface area contributed by atoms with E-state index >= 15 is 0 Å². The average Bonchev–Trinajstić information content (AvgIpc) is 2.90. The standard InChI is InChI=1S/C18H21NO3/c1-13-11-16(19-12-13)7-4-15-5-8-17(9-6-15)22-14(2)3-10-18(20)21/h4-9,11-12,14,19H,3,10H2,1-2H3,(H,20,21). The first kappa shape index (κ1) is 15.9. The molecule has 1 unspecified atom stereocenters. The minimum Gasteiger partial charge on any atom is -0.491 e. The number of carboxylic acids is 1. The van der Waals surface area contributed by atoms with E-state index < -0.39 is 5.97 Å². The van der Waals surface area contributed by atoms with E-state index in [1.165, 1.54) is 5.56 Å². The summed E-state index contributed by atoms with van der Waals surface area (Å²) in [5, 5.41) is 8.65. The largest absolute Gasteiger partial charge is 0.491 e. The lowest BCUT2D eigenvalue weighted by molar-refractivity contribution is -0.137. The number of nitrogens with one attached hydrogen (secondary N) is 1. The molecular formula is C18H21NO3. The predicted octanol–water partition coefficient (Wildman–Crippen LogP) is 4.13. The van der Waals surface area contributed by atoms with Crippen molar-refractivity contribution in [3.05, 3.63) is 53.3 Å². The van der Waals surface area contributed by atoms with Crippen LogP contribution in [-0.2, 0) is 4.79 Å². The molecule has 1 heterocycles. The van der Waals surface area contributed by atoms with Crippen molar-refractivity contribution >= 4 is 18.1 Å². The highest BCUT2D eigenvalue weighted by Crippen LogP contribution is 2.17. The van der Waals surface area contributed by atoms with Gasteiger partial charge in [0.2, 0.25) is 0 Å². The fourth-order valence-corrected chi connectivity index (χ4v) is 2.08. The van der Waals surface area contributed by atoms with Gasteiger partial charge in [-0.2, -0.15) is 0 Å². The Morgan fingerprint density at radius 3 is 2.64 bits per heavy atom. The van der Waals surface area contributed by atoms with E-state index in [1.54, 1.807) is 0 Å². The molecule has 0 saturated heterocycles. The lowest BCUT2D eigenvalue weighted by Crippen LogP contribution is -2.13. The molecule has 2 rings (SSSR count). The Balaban J connectivity index is 1.89. The topological polar surface area (TPSA) is 62.3 Å². The van der Waals surface area contributed by atoms with Crippen molar-refractivity contribution < 1.29 is 14.6 Å². The van der Waals surface area contributed by atoms with E-state index in [2.05, 4.69) is 11.1 Å². The molecule has 0 aliphatic heterocycles. The van der Waals surface area contributed by atoms with Crippen molar-refractivity contribution in [3.63, 3.8) is 0 Å². The molecule has 0 spiro atoms. The van der Waals surface area contributed by atoms with Crippen LogP contribution in [-0.4, -0.2) is 22.2 Å². The zero-order valence-corrected chi connectivity index (χ0v) is 12.9. The number of carboxylic acid groups (broad SMARTS) is 1. The van der Waals surface area contributed by atoms with Gasteiger partial charge in [0.1, 0.15) is 5.75 Å². The predicted molar refractivity (Wildman–Crippen MR) is 87.9 cm³/mol. The van der Waals surface area contributed by atoms with E-state index in [4.69, 9.17) is 9.84 Å². The SMILES string of the molecule is Cc1c[nH]c(C=Cc2ccc(OC(C)CCC(=O)O)cc2)c1. The molecule has 0 amide bonds. The number of rotatable bonds is 7. The van der Waals surface area contributed by atoms with Gasteiger partial charge in [-0.1, -0.05) is 18.2 Å². The molecule has 4 nitrogen and oxygen atoms in total. The molecule has 4 heteroatoms. The molecule has 1 aromatic heterocycles. The summed E-state index contributed by atoms with van der Waals surface area (Å²) in [5.74, 6) is -0.0405. The zero-order valence-electron chi connectivity index (χ0n) is 12.9. The van der Waals surface area contributed by atoms with E-state index in [0.717, 1.165) is 17.0 Å². The molecule has 0 aliphatic rings. The lowest BCUT2D eigenvalue weighted by Gasteiger charge is -2.13. The Morgan fingerprint density at radius 2 is 2.05 bits per heavy atom. The average molecular weight is 299 g/mol. The highest BCUT2D eigenvalue weighted by molar-refractivity contribution is 5.68. The van der Waals surface area contributed by atoms with Crippen molar-refractivity contribution in [3.8, 4) is 5.75 Å². The van der Waals surface area contributed by atoms with Gasteiger partial charge in [-0.05, 0) is 55.7 Å². The molecule has 0 aliphatic carbocycles. The number of aromatic nitrogens is 1. The number of aliphatic carboxylic acids is 1. The van der Waals surface area contributed by atoms with Gasteiger partial charge < -0.3 is 14.8 Å². The van der Waals surface area contributed by atoms with Gasteiger partial charge in [0, 0.05) is 18.3 Å². The number of hydrogen-bond acceptors (Lipinski definition) is 2. The van der Waals surface area contributed by atoms with Gasteiger partial charge in [-0.15, -0.1) is 0 Å². The number of aryl methyl sites for hydroxylation is 1. The van der Waals surface area contributed by atoms with Crippen molar-refractivity contribution in [1.29, 1.82) is 0 Å². The normalized spacial score (nSPS) is 12.5. The van der Waals surface area contributed by atoms with E-state index in [-0.39, 0.29) is 12.5 Å². The molecule has 0 saturated carbocycles. The van der Waals surface area contributed by atoms with Gasteiger partial charge in [0.05, 0.1) is 6.10 Å². The number of hydrogen-bond donors (Lipinski definition) is 2. The quantitative estimate of drug-likeness (QED) is 0.808. The van der Waals surface area contributed by atoms with Crippen molar-refractivity contribution in [1.82, 2.24) is 4.98 Å². The summed E-state index contributed by atoms with van der Waals surface area (Å²) in [6.07, 6.45) is 6.54. The summed E-state index contributed by atoms with van der Waals surface area (Å²) in [6.45, 7) is 3.93. The van der Waals surface area contributed by atoms with E-state index in [9.17, 15) is 4.79 Å². The van der Waals surface area contributed by atoms with Crippen molar-refractivity contribution in [2.75, 3.05) is 0 Å². The molecule has 0 fully saturated rings. The summed E-state index contributed by atoms with van der Waals surface area (Å²) < 4.78 is 5.69. The first-order valence-corrected chi connectivity index (χ1v) is 7.34. The number of H-pyrrole nitrogens is 1. The Bertz CT molecular complexity index is 641. The molecule has 2 aromatic rings. The first-order valence-electron chi connectivity index (χ1n) is 7.34. The van der Waals surface area contributed by atoms with Gasteiger partial charge in [0.25, 0.3) is 0 Å². The maximum absolute atomic E-state index is 10.5. The fourth-order valence-electron chi connectivity index (χ4n) is 2.08. The van der Waals surface area contributed by atoms with Gasteiger partial charge in [-0.3, -0.25) is 4.79 Å². The summed E-state index contributed by atoms with van der Waals surface area (Å²) in [4.78, 5) is 13.7. The van der Waals surface area contributed by atoms with Gasteiger partial charge >= 0.3 is 5.97 Å². The van der Waals surface area contributed by atoms with Crippen LogP contribution in [0.4, 0.5) is 0 Å². The summed E-state index contributed by atoms with van der Waals surface area (Å²) in [5.41, 5.74) is 3.36. The van der Waals surface area contributed by atoms with Crippen LogP contribution in [0.3, 0.4) is 0 Å². The number of benzene rings is 1. The monoisotopic (exact) mass is 299 g/mol. The zero-order chi connectivity index (χ0) is 15.9. The van der Waals surface area contributed by atoms with E-state index in [0.29, 0.717) is 6.42 Å². The number of aromatic amines is 1. The molecular weight excluding hydrogens is 278 g/mol. The third-order valence-corrected chi connectivity index (χ3v) is 3.29. The second kappa shape index (κ2) is 7.50. The highest BCUT2D eigenvalue weighted by Gasteiger charge is 2.06. The molecule has 116 valence electrons.